The van der Waals surface area contributed by atoms with Crippen LogP contribution in [0.1, 0.15) is 11.8 Å². The number of thiophene rings is 1. The molecular weight excluding hydrogens is 503 g/mol. The van der Waals surface area contributed by atoms with E-state index in [1.165, 1.54) is 9.77 Å². The normalized spacial score (nSPS) is 12.0. The van der Waals surface area contributed by atoms with Crippen molar-refractivity contribution in [2.24, 2.45) is 4.99 Å². The predicted octanol–water partition coefficient (Wildman–Crippen LogP) is 3.71. The van der Waals surface area contributed by atoms with Gasteiger partial charge in [0.2, 0.25) is 5.91 Å². The third-order valence-corrected chi connectivity index (χ3v) is 5.80. The summed E-state index contributed by atoms with van der Waals surface area (Å²) in [5, 5.41) is 9.16. The Balaban J connectivity index is 0.00000392. The average Bonchev–Trinajstić information content (AvgIpc) is 3.17. The number of nitrogens with zero attached hydrogens (tertiary/aromatic N) is 2. The lowest BCUT2D eigenvalue weighted by Gasteiger charge is -2.17. The summed E-state index contributed by atoms with van der Waals surface area (Å²) in [5.74, 6) is 0.670. The quantitative estimate of drug-likeness (QED) is 0.224. The van der Waals surface area contributed by atoms with Crippen LogP contribution in [0.25, 0.3) is 0 Å². The number of hydrogen-bond donors (Lipinski definition) is 2. The van der Waals surface area contributed by atoms with Crippen molar-refractivity contribution in [2.45, 2.75) is 23.5 Å². The molecule has 0 radical (unpaired) electrons. The highest BCUT2D eigenvalue weighted by Crippen LogP contribution is 2.21. The highest BCUT2D eigenvalue weighted by Gasteiger charge is 2.08. The molecule has 0 saturated heterocycles. The summed E-state index contributed by atoms with van der Waals surface area (Å²) >= 11 is 3.57. The maximum atomic E-state index is 11.8. The molecule has 1 heterocycles. The van der Waals surface area contributed by atoms with E-state index in [4.69, 9.17) is 0 Å². The van der Waals surface area contributed by atoms with Gasteiger partial charge < -0.3 is 15.5 Å². The van der Waals surface area contributed by atoms with Gasteiger partial charge in [-0.3, -0.25) is 4.79 Å². The van der Waals surface area contributed by atoms with Crippen molar-refractivity contribution in [3.8, 4) is 0 Å². The summed E-state index contributed by atoms with van der Waals surface area (Å²) in [7, 11) is 3.49. The Bertz CT molecular complexity index is 708. The summed E-state index contributed by atoms with van der Waals surface area (Å²) in [4.78, 5) is 20.4. The maximum absolute atomic E-state index is 11.8. The topological polar surface area (TPSA) is 56.7 Å². The standard InChI is InChI=1S/C20H28N4OS2.HI/c1-16(27-18-8-5-4-6-9-18)14-22-20(23-15-19(25)24(2)3)21-12-11-17-10-7-13-26-17;/h4-10,13,16H,11-12,14-15H2,1-3H3,(H2,21,22,23);1H. The number of benzene rings is 1. The van der Waals surface area contributed by atoms with Crippen LogP contribution in [-0.2, 0) is 11.2 Å². The van der Waals surface area contributed by atoms with Crippen molar-refractivity contribution in [1.29, 1.82) is 0 Å². The van der Waals surface area contributed by atoms with Crippen LogP contribution in [-0.4, -0.2) is 55.7 Å². The van der Waals surface area contributed by atoms with Crippen LogP contribution >= 0.6 is 47.1 Å². The van der Waals surface area contributed by atoms with E-state index in [0.717, 1.165) is 19.5 Å². The monoisotopic (exact) mass is 532 g/mol. The highest BCUT2D eigenvalue weighted by molar-refractivity contribution is 14.0. The average molecular weight is 533 g/mol. The SMILES string of the molecule is CC(CNC(=NCC(=O)N(C)C)NCCc1cccs1)Sc1ccccc1.I. The third kappa shape index (κ3) is 9.79. The fourth-order valence-corrected chi connectivity index (χ4v) is 3.89. The number of nitrogens with one attached hydrogen (secondary N) is 2. The molecule has 8 heteroatoms. The zero-order valence-corrected chi connectivity index (χ0v) is 20.5. The van der Waals surface area contributed by atoms with E-state index in [1.54, 1.807) is 30.3 Å². The van der Waals surface area contributed by atoms with E-state index in [0.29, 0.717) is 11.2 Å². The fourth-order valence-electron chi connectivity index (χ4n) is 2.23. The van der Waals surface area contributed by atoms with Gasteiger partial charge in [0.05, 0.1) is 0 Å². The zero-order valence-electron chi connectivity index (χ0n) is 16.6. The van der Waals surface area contributed by atoms with Gasteiger partial charge in [0, 0.05) is 42.2 Å². The van der Waals surface area contributed by atoms with Gasteiger partial charge >= 0.3 is 0 Å². The molecule has 0 spiro atoms. The van der Waals surface area contributed by atoms with Gasteiger partial charge in [0.15, 0.2) is 5.96 Å². The summed E-state index contributed by atoms with van der Waals surface area (Å²) in [5.41, 5.74) is 0. The van der Waals surface area contributed by atoms with Crippen LogP contribution in [0.3, 0.4) is 0 Å². The molecule has 2 N–H and O–H groups in total. The van der Waals surface area contributed by atoms with Crippen LogP contribution < -0.4 is 10.6 Å². The molecule has 2 aromatic rings. The molecule has 0 aliphatic rings. The molecule has 28 heavy (non-hydrogen) atoms. The molecule has 1 amide bonds. The first kappa shape index (κ1) is 24.8. The zero-order chi connectivity index (χ0) is 19.5. The minimum Gasteiger partial charge on any atom is -0.356 e. The van der Waals surface area contributed by atoms with Crippen molar-refractivity contribution >= 4 is 58.9 Å². The summed E-state index contributed by atoms with van der Waals surface area (Å²) in [6.45, 7) is 3.86. The first-order chi connectivity index (χ1) is 13.0. The molecule has 5 nitrogen and oxygen atoms in total. The smallest absolute Gasteiger partial charge is 0.243 e. The molecule has 0 fully saturated rings. The molecule has 0 saturated carbocycles. The lowest BCUT2D eigenvalue weighted by Crippen LogP contribution is -2.41. The number of aliphatic imine (C=N–C) groups is 1. The molecule has 0 aliphatic carbocycles. The van der Waals surface area contributed by atoms with Crippen LogP contribution in [0.4, 0.5) is 0 Å². The van der Waals surface area contributed by atoms with Gasteiger partial charge in [-0.25, -0.2) is 4.99 Å². The van der Waals surface area contributed by atoms with Gasteiger partial charge in [0.1, 0.15) is 6.54 Å². The maximum Gasteiger partial charge on any atom is 0.243 e. The summed E-state index contributed by atoms with van der Waals surface area (Å²) in [6, 6.07) is 14.5. The second-order valence-corrected chi connectivity index (χ2v) is 8.88. The lowest BCUT2D eigenvalue weighted by atomic mass is 10.3. The Hall–Kier alpha value is -1.26. The minimum atomic E-state index is -0.0129. The summed E-state index contributed by atoms with van der Waals surface area (Å²) in [6.07, 6.45) is 0.939. The molecule has 0 bridgehead atoms. The molecule has 1 atom stereocenters. The number of halogens is 1. The van der Waals surface area contributed by atoms with E-state index in [-0.39, 0.29) is 36.4 Å². The second kappa shape index (κ2) is 13.8. The van der Waals surface area contributed by atoms with Crippen molar-refractivity contribution < 1.29 is 4.79 Å². The van der Waals surface area contributed by atoms with Crippen LogP contribution in [0.15, 0.2) is 57.7 Å². The Kier molecular flexibility index (Phi) is 12.2. The van der Waals surface area contributed by atoms with E-state index in [2.05, 4.69) is 52.2 Å². The first-order valence-electron chi connectivity index (χ1n) is 9.01. The molecule has 154 valence electrons. The number of likely N-dealkylation sites (N-methyl/N-ethyl adjacent to an activating group) is 1. The Morgan fingerprint density at radius 3 is 2.57 bits per heavy atom. The second-order valence-electron chi connectivity index (χ2n) is 6.33. The number of carbonyl (C=O) groups excluding carboxylic acids is 1. The van der Waals surface area contributed by atoms with Crippen molar-refractivity contribution in [3.63, 3.8) is 0 Å². The van der Waals surface area contributed by atoms with E-state index >= 15 is 0 Å². The minimum absolute atomic E-state index is 0. The third-order valence-electron chi connectivity index (χ3n) is 3.75. The van der Waals surface area contributed by atoms with E-state index < -0.39 is 0 Å². The molecule has 2 rings (SSSR count). The van der Waals surface area contributed by atoms with Crippen molar-refractivity contribution in [1.82, 2.24) is 15.5 Å². The predicted molar refractivity (Wildman–Crippen MR) is 132 cm³/mol. The lowest BCUT2D eigenvalue weighted by molar-refractivity contribution is -0.127. The summed E-state index contributed by atoms with van der Waals surface area (Å²) < 4.78 is 0. The Morgan fingerprint density at radius 2 is 1.93 bits per heavy atom. The first-order valence-corrected chi connectivity index (χ1v) is 10.8. The van der Waals surface area contributed by atoms with Gasteiger partial charge in [0.25, 0.3) is 0 Å². The number of amides is 1. The molecular formula is C20H29IN4OS2. The van der Waals surface area contributed by atoms with Crippen LogP contribution in [0.5, 0.6) is 0 Å². The van der Waals surface area contributed by atoms with Gasteiger partial charge in [-0.1, -0.05) is 31.2 Å². The number of thioether (sulfide) groups is 1. The number of rotatable bonds is 9. The Morgan fingerprint density at radius 1 is 1.18 bits per heavy atom. The number of guanidine groups is 1. The largest absolute Gasteiger partial charge is 0.356 e. The number of carbonyl (C=O) groups is 1. The molecule has 1 aromatic carbocycles. The van der Waals surface area contributed by atoms with Gasteiger partial charge in [-0.15, -0.1) is 47.1 Å². The van der Waals surface area contributed by atoms with Crippen LogP contribution in [0.2, 0.25) is 0 Å². The fraction of sp³-hybridized carbons (Fsp3) is 0.400. The molecule has 0 aliphatic heterocycles. The number of hydrogen-bond acceptors (Lipinski definition) is 4. The van der Waals surface area contributed by atoms with Gasteiger partial charge in [-0.05, 0) is 30.0 Å². The van der Waals surface area contributed by atoms with E-state index in [1.807, 2.05) is 30.0 Å². The van der Waals surface area contributed by atoms with Crippen molar-refractivity contribution in [3.05, 3.63) is 52.7 Å². The highest BCUT2D eigenvalue weighted by atomic mass is 127. The molecule has 1 unspecified atom stereocenters. The van der Waals surface area contributed by atoms with Gasteiger partial charge in [-0.2, -0.15) is 0 Å². The van der Waals surface area contributed by atoms with E-state index in [9.17, 15) is 4.79 Å². The van der Waals surface area contributed by atoms with Crippen LogP contribution in [0, 0.1) is 0 Å². The van der Waals surface area contributed by atoms with Crippen molar-refractivity contribution in [2.75, 3.05) is 33.7 Å². The molecule has 1 aromatic heterocycles. The Labute approximate surface area is 193 Å².